The zero-order valence-electron chi connectivity index (χ0n) is 14.8. The van der Waals surface area contributed by atoms with Gasteiger partial charge >= 0.3 is 0 Å². The van der Waals surface area contributed by atoms with Crippen LogP contribution in [0.4, 0.5) is 0 Å². The van der Waals surface area contributed by atoms with Crippen LogP contribution in [0.1, 0.15) is 24.2 Å². The molecule has 3 aromatic rings. The molecule has 1 amide bonds. The molecule has 2 aromatic heterocycles. The Labute approximate surface area is 155 Å². The fourth-order valence-electron chi connectivity index (χ4n) is 3.81. The van der Waals surface area contributed by atoms with Gasteiger partial charge in [0.15, 0.2) is 0 Å². The highest BCUT2D eigenvalue weighted by atomic mass is 16.2. The van der Waals surface area contributed by atoms with E-state index in [4.69, 9.17) is 5.73 Å². The van der Waals surface area contributed by atoms with Crippen LogP contribution in [0.25, 0.3) is 21.9 Å². The van der Waals surface area contributed by atoms with Gasteiger partial charge in [0, 0.05) is 30.0 Å². The van der Waals surface area contributed by atoms with E-state index in [0.29, 0.717) is 30.7 Å². The summed E-state index contributed by atoms with van der Waals surface area (Å²) in [5.41, 5.74) is 9.17. The molecule has 0 unspecified atom stereocenters. The molecular weight excluding hydrogens is 344 g/mol. The Kier molecular flexibility index (Phi) is 3.61. The Morgan fingerprint density at radius 2 is 2.11 bits per heavy atom. The zero-order valence-corrected chi connectivity index (χ0v) is 14.8. The second kappa shape index (κ2) is 6.02. The number of H-pyrrole nitrogens is 1. The Balaban J connectivity index is 1.57. The van der Waals surface area contributed by atoms with Crippen LogP contribution in [0, 0.1) is 5.92 Å². The van der Waals surface area contributed by atoms with E-state index in [-0.39, 0.29) is 23.9 Å². The SMILES string of the molecule is NCc1n[nH]c(=O)c2ccc(-c3cnn4c3CN(C(=O)C3CC3)CC4)cc12. The number of benzene rings is 1. The highest BCUT2D eigenvalue weighted by molar-refractivity contribution is 5.88. The summed E-state index contributed by atoms with van der Waals surface area (Å²) in [6.07, 6.45) is 3.86. The number of aromatic amines is 1. The molecule has 5 rings (SSSR count). The van der Waals surface area contributed by atoms with Gasteiger partial charge in [0.1, 0.15) is 0 Å². The maximum atomic E-state index is 12.5. The average molecular weight is 364 g/mol. The van der Waals surface area contributed by atoms with Gasteiger partial charge in [0.05, 0.1) is 36.1 Å². The smallest absolute Gasteiger partial charge is 0.272 e. The highest BCUT2D eigenvalue weighted by Gasteiger charge is 2.35. The van der Waals surface area contributed by atoms with Crippen LogP contribution in [0.3, 0.4) is 0 Å². The predicted molar refractivity (Wildman–Crippen MR) is 99.6 cm³/mol. The van der Waals surface area contributed by atoms with Crippen LogP contribution in [0.15, 0.2) is 29.2 Å². The molecule has 1 saturated carbocycles. The first-order valence-corrected chi connectivity index (χ1v) is 9.21. The largest absolute Gasteiger partial charge is 0.335 e. The Hall–Kier alpha value is -3.00. The van der Waals surface area contributed by atoms with Gasteiger partial charge in [-0.1, -0.05) is 6.07 Å². The molecule has 1 aliphatic carbocycles. The maximum Gasteiger partial charge on any atom is 0.272 e. The number of rotatable bonds is 3. The summed E-state index contributed by atoms with van der Waals surface area (Å²) in [6.45, 7) is 2.22. The molecule has 2 aliphatic rings. The molecule has 27 heavy (non-hydrogen) atoms. The number of carbonyl (C=O) groups is 1. The van der Waals surface area contributed by atoms with Crippen molar-refractivity contribution in [1.29, 1.82) is 0 Å². The highest BCUT2D eigenvalue weighted by Crippen LogP contribution is 2.34. The Morgan fingerprint density at radius 3 is 2.89 bits per heavy atom. The number of nitrogens with one attached hydrogen (secondary N) is 1. The van der Waals surface area contributed by atoms with Crippen LogP contribution in [-0.2, 0) is 24.4 Å². The van der Waals surface area contributed by atoms with E-state index in [0.717, 1.165) is 35.0 Å². The third-order valence-electron chi connectivity index (χ3n) is 5.48. The van der Waals surface area contributed by atoms with Gasteiger partial charge in [0.25, 0.3) is 5.56 Å². The number of hydrogen-bond acceptors (Lipinski definition) is 5. The van der Waals surface area contributed by atoms with Crippen molar-refractivity contribution >= 4 is 16.7 Å². The minimum Gasteiger partial charge on any atom is -0.335 e. The van der Waals surface area contributed by atoms with E-state index in [9.17, 15) is 9.59 Å². The normalized spacial score (nSPS) is 16.6. The molecule has 0 radical (unpaired) electrons. The summed E-state index contributed by atoms with van der Waals surface area (Å²) < 4.78 is 1.97. The van der Waals surface area contributed by atoms with E-state index in [1.54, 1.807) is 6.07 Å². The van der Waals surface area contributed by atoms with E-state index in [1.165, 1.54) is 0 Å². The van der Waals surface area contributed by atoms with Crippen molar-refractivity contribution in [3.8, 4) is 11.1 Å². The maximum absolute atomic E-state index is 12.5. The van der Waals surface area contributed by atoms with Crippen molar-refractivity contribution in [3.05, 3.63) is 46.1 Å². The fraction of sp³-hybridized carbons (Fsp3) is 0.368. The number of amides is 1. The molecule has 3 N–H and O–H groups in total. The second-order valence-electron chi connectivity index (χ2n) is 7.23. The van der Waals surface area contributed by atoms with Crippen molar-refractivity contribution in [2.75, 3.05) is 6.54 Å². The summed E-state index contributed by atoms with van der Waals surface area (Å²) in [4.78, 5) is 26.5. The first-order valence-electron chi connectivity index (χ1n) is 9.21. The van der Waals surface area contributed by atoms with E-state index < -0.39 is 0 Å². The van der Waals surface area contributed by atoms with Gasteiger partial charge < -0.3 is 10.6 Å². The quantitative estimate of drug-likeness (QED) is 0.720. The number of fused-ring (bicyclic) bond motifs is 2. The van der Waals surface area contributed by atoms with Gasteiger partial charge in [-0.05, 0) is 30.5 Å². The van der Waals surface area contributed by atoms with Gasteiger partial charge in [-0.2, -0.15) is 10.2 Å². The number of hydrogen-bond donors (Lipinski definition) is 2. The topological polar surface area (TPSA) is 110 Å². The molecule has 0 spiro atoms. The van der Waals surface area contributed by atoms with Gasteiger partial charge in [0.2, 0.25) is 5.91 Å². The molecule has 0 atom stereocenters. The summed E-state index contributed by atoms with van der Waals surface area (Å²) in [7, 11) is 0. The first kappa shape index (κ1) is 16.2. The zero-order chi connectivity index (χ0) is 18.5. The molecule has 0 saturated heterocycles. The van der Waals surface area contributed by atoms with Crippen molar-refractivity contribution in [1.82, 2.24) is 24.9 Å². The van der Waals surface area contributed by atoms with Crippen LogP contribution in [0.2, 0.25) is 0 Å². The fourth-order valence-corrected chi connectivity index (χ4v) is 3.81. The first-order chi connectivity index (χ1) is 13.2. The monoisotopic (exact) mass is 364 g/mol. The molecule has 1 aliphatic heterocycles. The van der Waals surface area contributed by atoms with E-state index in [1.807, 2.05) is 27.9 Å². The number of nitrogens with zero attached hydrogens (tertiary/aromatic N) is 4. The molecule has 3 heterocycles. The number of carbonyl (C=O) groups excluding carboxylic acids is 1. The lowest BCUT2D eigenvalue weighted by molar-refractivity contribution is -0.134. The summed E-state index contributed by atoms with van der Waals surface area (Å²) in [6, 6.07) is 5.65. The summed E-state index contributed by atoms with van der Waals surface area (Å²) in [5, 5.41) is 12.4. The molecule has 1 fully saturated rings. The van der Waals surface area contributed by atoms with Crippen molar-refractivity contribution in [3.63, 3.8) is 0 Å². The molecule has 8 heteroatoms. The summed E-state index contributed by atoms with van der Waals surface area (Å²) in [5.74, 6) is 0.474. The molecule has 8 nitrogen and oxygen atoms in total. The minimum absolute atomic E-state index is 0.216. The van der Waals surface area contributed by atoms with Crippen LogP contribution >= 0.6 is 0 Å². The number of nitrogens with two attached hydrogens (primary N) is 1. The van der Waals surface area contributed by atoms with Crippen LogP contribution in [-0.4, -0.2) is 37.3 Å². The third-order valence-corrected chi connectivity index (χ3v) is 5.48. The van der Waals surface area contributed by atoms with Crippen molar-refractivity contribution in [2.24, 2.45) is 11.7 Å². The predicted octanol–water partition coefficient (Wildman–Crippen LogP) is 0.997. The number of aromatic nitrogens is 4. The van der Waals surface area contributed by atoms with Crippen molar-refractivity contribution < 1.29 is 4.79 Å². The van der Waals surface area contributed by atoms with Crippen molar-refractivity contribution in [2.45, 2.75) is 32.5 Å². The molecule has 0 bridgehead atoms. The van der Waals surface area contributed by atoms with Gasteiger partial charge in [-0.15, -0.1) is 0 Å². The lowest BCUT2D eigenvalue weighted by Crippen LogP contribution is -2.39. The standard InChI is InChI=1S/C19H20N6O2/c20-8-16-14-7-12(3-4-13(14)18(26)23-22-16)15-9-21-25-6-5-24(10-17(15)25)19(27)11-1-2-11/h3-4,7,9,11H,1-2,5-6,8,10,20H2,(H,23,26). The van der Waals surface area contributed by atoms with E-state index in [2.05, 4.69) is 15.3 Å². The Bertz CT molecular complexity index is 1110. The third kappa shape index (κ3) is 2.64. The average Bonchev–Trinajstić information content (AvgIpc) is 3.46. The molecule has 1 aromatic carbocycles. The lowest BCUT2D eigenvalue weighted by Gasteiger charge is -2.28. The van der Waals surface area contributed by atoms with Gasteiger partial charge in [-0.25, -0.2) is 5.10 Å². The van der Waals surface area contributed by atoms with Gasteiger partial charge in [-0.3, -0.25) is 14.3 Å². The lowest BCUT2D eigenvalue weighted by atomic mass is 10.0. The molecular formula is C19H20N6O2. The van der Waals surface area contributed by atoms with E-state index >= 15 is 0 Å². The van der Waals surface area contributed by atoms with Crippen LogP contribution in [0.5, 0.6) is 0 Å². The molecule has 138 valence electrons. The minimum atomic E-state index is -0.230. The summed E-state index contributed by atoms with van der Waals surface area (Å²) >= 11 is 0. The second-order valence-corrected chi connectivity index (χ2v) is 7.23. The van der Waals surface area contributed by atoms with Crippen LogP contribution < -0.4 is 11.3 Å². The Morgan fingerprint density at radius 1 is 1.26 bits per heavy atom.